The average Bonchev–Trinajstić information content (AvgIpc) is 3.20. The van der Waals surface area contributed by atoms with Crippen molar-refractivity contribution < 1.29 is 17.9 Å². The number of carbonyl (C=O) groups is 1. The van der Waals surface area contributed by atoms with Gasteiger partial charge >= 0.3 is 0 Å². The van der Waals surface area contributed by atoms with Gasteiger partial charge in [-0.05, 0) is 51.0 Å². The molecule has 0 saturated carbocycles. The smallest absolute Gasteiger partial charge is 0.262 e. The second kappa shape index (κ2) is 8.74. The normalized spacial score (nSPS) is 18.0. The minimum Gasteiger partial charge on any atom is -0.494 e. The number of nitrogens with zero attached hydrogens (tertiary/aromatic N) is 3. The number of aryl methyl sites for hydroxylation is 1. The Bertz CT molecular complexity index is 908. The van der Waals surface area contributed by atoms with Crippen molar-refractivity contribution in [2.24, 2.45) is 5.92 Å². The molecule has 8 nitrogen and oxygen atoms in total. The van der Waals surface area contributed by atoms with Crippen LogP contribution in [0.3, 0.4) is 0 Å². The summed E-state index contributed by atoms with van der Waals surface area (Å²) < 4.78 is 34.2. The van der Waals surface area contributed by atoms with Crippen LogP contribution in [0.25, 0.3) is 0 Å². The molecule has 28 heavy (non-hydrogen) atoms. The molecule has 1 aromatic heterocycles. The Hall–Kier alpha value is -2.39. The molecule has 2 heterocycles. The summed E-state index contributed by atoms with van der Waals surface area (Å²) in [7, 11) is -3.70. The molecule has 1 aliphatic heterocycles. The molecule has 0 bridgehead atoms. The van der Waals surface area contributed by atoms with Crippen molar-refractivity contribution >= 4 is 21.6 Å². The fourth-order valence-corrected chi connectivity index (χ4v) is 4.66. The van der Waals surface area contributed by atoms with Gasteiger partial charge in [-0.2, -0.15) is 4.31 Å². The summed E-state index contributed by atoms with van der Waals surface area (Å²) in [6.07, 6.45) is 4.32. The molecular weight excluding hydrogens is 380 g/mol. The summed E-state index contributed by atoms with van der Waals surface area (Å²) in [5.41, 5.74) is 0.662. The van der Waals surface area contributed by atoms with Gasteiger partial charge in [-0.3, -0.25) is 4.79 Å². The second-order valence-corrected chi connectivity index (χ2v) is 8.58. The number of hydrogen-bond donors (Lipinski definition) is 1. The summed E-state index contributed by atoms with van der Waals surface area (Å²) in [6.45, 7) is 5.61. The average molecular weight is 407 g/mol. The van der Waals surface area contributed by atoms with Crippen molar-refractivity contribution in [1.82, 2.24) is 13.9 Å². The SMILES string of the molecule is CCOc1ccc(NC(=O)[C@@H]2CCCN(S(=O)(=O)c3cn(CC)cn3)C2)cc1. The van der Waals surface area contributed by atoms with Crippen LogP contribution >= 0.6 is 0 Å². The van der Waals surface area contributed by atoms with E-state index in [1.165, 1.54) is 16.8 Å². The van der Waals surface area contributed by atoms with Gasteiger partial charge < -0.3 is 14.6 Å². The van der Waals surface area contributed by atoms with E-state index < -0.39 is 15.9 Å². The predicted octanol–water partition coefficient (Wildman–Crippen LogP) is 2.34. The summed E-state index contributed by atoms with van der Waals surface area (Å²) >= 11 is 0. The highest BCUT2D eigenvalue weighted by Gasteiger charge is 2.34. The second-order valence-electron chi connectivity index (χ2n) is 6.69. The van der Waals surface area contributed by atoms with E-state index in [1.54, 1.807) is 28.8 Å². The van der Waals surface area contributed by atoms with Gasteiger partial charge in [0, 0.05) is 31.5 Å². The van der Waals surface area contributed by atoms with E-state index in [0.29, 0.717) is 38.2 Å². The van der Waals surface area contributed by atoms with Crippen LogP contribution in [0, 0.1) is 5.92 Å². The molecule has 0 spiro atoms. The van der Waals surface area contributed by atoms with E-state index >= 15 is 0 Å². The van der Waals surface area contributed by atoms with Crippen LogP contribution in [0.2, 0.25) is 0 Å². The Balaban J connectivity index is 1.65. The summed E-state index contributed by atoms with van der Waals surface area (Å²) in [5.74, 6) is 0.161. The molecule has 1 N–H and O–H groups in total. The van der Waals surface area contributed by atoms with Crippen molar-refractivity contribution in [1.29, 1.82) is 0 Å². The summed E-state index contributed by atoms with van der Waals surface area (Å²) in [5, 5.41) is 2.90. The van der Waals surface area contributed by atoms with Gasteiger partial charge in [0.2, 0.25) is 5.91 Å². The number of ether oxygens (including phenoxy) is 1. The Morgan fingerprint density at radius 1 is 1.29 bits per heavy atom. The number of piperidine rings is 1. The molecule has 0 aliphatic carbocycles. The van der Waals surface area contributed by atoms with Crippen molar-refractivity contribution in [3.8, 4) is 5.75 Å². The minimum absolute atomic E-state index is 0.0296. The van der Waals surface area contributed by atoms with Crippen LogP contribution in [0.1, 0.15) is 26.7 Å². The first-order valence-corrected chi connectivity index (χ1v) is 10.9. The topological polar surface area (TPSA) is 93.5 Å². The molecule has 3 rings (SSSR count). The lowest BCUT2D eigenvalue weighted by molar-refractivity contribution is -0.120. The van der Waals surface area contributed by atoms with Gasteiger partial charge in [0.05, 0.1) is 18.9 Å². The number of carbonyl (C=O) groups excluding carboxylic acids is 1. The quantitative estimate of drug-likeness (QED) is 0.762. The number of imidazole rings is 1. The molecule has 0 radical (unpaired) electrons. The first kappa shape index (κ1) is 20.3. The zero-order valence-corrected chi connectivity index (χ0v) is 17.0. The molecule has 0 unspecified atom stereocenters. The highest BCUT2D eigenvalue weighted by Crippen LogP contribution is 2.24. The van der Waals surface area contributed by atoms with Crippen molar-refractivity contribution in [2.45, 2.75) is 38.3 Å². The molecular formula is C19H26N4O4S. The van der Waals surface area contributed by atoms with Gasteiger partial charge in [-0.15, -0.1) is 0 Å². The molecule has 9 heteroatoms. The molecule has 2 aromatic rings. The van der Waals surface area contributed by atoms with Crippen LogP contribution in [0.4, 0.5) is 5.69 Å². The highest BCUT2D eigenvalue weighted by atomic mass is 32.2. The zero-order valence-electron chi connectivity index (χ0n) is 16.2. The van der Waals surface area contributed by atoms with E-state index in [0.717, 1.165) is 5.75 Å². The lowest BCUT2D eigenvalue weighted by Gasteiger charge is -2.30. The largest absolute Gasteiger partial charge is 0.494 e. The summed E-state index contributed by atoms with van der Waals surface area (Å²) in [6, 6.07) is 7.14. The molecule has 1 aromatic carbocycles. The number of aromatic nitrogens is 2. The lowest BCUT2D eigenvalue weighted by Crippen LogP contribution is -2.43. The Morgan fingerprint density at radius 2 is 2.04 bits per heavy atom. The Kier molecular flexibility index (Phi) is 6.35. The monoisotopic (exact) mass is 406 g/mol. The fraction of sp³-hybridized carbons (Fsp3) is 0.474. The predicted molar refractivity (Wildman–Crippen MR) is 106 cm³/mol. The zero-order chi connectivity index (χ0) is 20.1. The lowest BCUT2D eigenvalue weighted by atomic mass is 9.99. The number of sulfonamides is 1. The Labute approximate surface area is 165 Å². The first-order valence-electron chi connectivity index (χ1n) is 9.49. The van der Waals surface area contributed by atoms with E-state index in [9.17, 15) is 13.2 Å². The van der Waals surface area contributed by atoms with E-state index in [4.69, 9.17) is 4.74 Å². The van der Waals surface area contributed by atoms with E-state index in [2.05, 4.69) is 10.3 Å². The molecule has 1 saturated heterocycles. The number of anilines is 1. The number of hydrogen-bond acceptors (Lipinski definition) is 5. The van der Waals surface area contributed by atoms with Crippen molar-refractivity contribution in [2.75, 3.05) is 25.0 Å². The molecule has 1 atom stereocenters. The van der Waals surface area contributed by atoms with Crippen LogP contribution in [-0.4, -0.2) is 47.9 Å². The third kappa shape index (κ3) is 4.53. The first-order chi connectivity index (χ1) is 13.4. The van der Waals surface area contributed by atoms with Gasteiger partial charge in [0.25, 0.3) is 10.0 Å². The summed E-state index contributed by atoms with van der Waals surface area (Å²) in [4.78, 5) is 16.7. The van der Waals surface area contributed by atoms with Gasteiger partial charge in [0.15, 0.2) is 5.03 Å². The van der Waals surface area contributed by atoms with E-state index in [1.807, 2.05) is 13.8 Å². The third-order valence-corrected chi connectivity index (χ3v) is 6.52. The number of rotatable bonds is 7. The molecule has 1 fully saturated rings. The van der Waals surface area contributed by atoms with Crippen LogP contribution < -0.4 is 10.1 Å². The highest BCUT2D eigenvalue weighted by molar-refractivity contribution is 7.89. The van der Waals surface area contributed by atoms with Gasteiger partial charge in [0.1, 0.15) is 5.75 Å². The molecule has 1 amide bonds. The van der Waals surface area contributed by atoms with Crippen molar-refractivity contribution in [3.05, 3.63) is 36.8 Å². The fourth-order valence-electron chi connectivity index (χ4n) is 3.20. The van der Waals surface area contributed by atoms with E-state index in [-0.39, 0.29) is 17.5 Å². The maximum Gasteiger partial charge on any atom is 0.262 e. The molecule has 152 valence electrons. The maximum absolute atomic E-state index is 12.8. The standard InChI is InChI=1S/C19H26N4O4S/c1-3-22-13-18(20-14-22)28(25,26)23-11-5-6-15(12-23)19(24)21-16-7-9-17(10-8-16)27-4-2/h7-10,13-15H,3-6,11-12H2,1-2H3,(H,21,24)/t15-/m1/s1. The minimum atomic E-state index is -3.70. The van der Waals surface area contributed by atoms with Gasteiger partial charge in [-0.25, -0.2) is 13.4 Å². The third-order valence-electron chi connectivity index (χ3n) is 4.77. The van der Waals surface area contributed by atoms with Crippen LogP contribution in [-0.2, 0) is 21.4 Å². The van der Waals surface area contributed by atoms with Gasteiger partial charge in [-0.1, -0.05) is 0 Å². The molecule has 1 aliphatic rings. The van der Waals surface area contributed by atoms with Crippen LogP contribution in [0.15, 0.2) is 41.8 Å². The number of amides is 1. The number of benzene rings is 1. The Morgan fingerprint density at radius 3 is 2.68 bits per heavy atom. The number of nitrogens with one attached hydrogen (secondary N) is 1. The maximum atomic E-state index is 12.8. The van der Waals surface area contributed by atoms with Crippen molar-refractivity contribution in [3.63, 3.8) is 0 Å². The van der Waals surface area contributed by atoms with Crippen LogP contribution in [0.5, 0.6) is 5.75 Å².